The molecule has 8 N–H and O–H groups in total. The molecule has 20 atom stereocenters. The van der Waals surface area contributed by atoms with Crippen molar-refractivity contribution in [3.8, 4) is 0 Å². The molecule has 15 heteroatoms. The molecule has 2 heterocycles. The number of aliphatic hydroxyl groups is 8. The Bertz CT molecular complexity index is 1530. The summed E-state index contributed by atoms with van der Waals surface area (Å²) in [4.78, 5) is 13.0. The van der Waals surface area contributed by atoms with Crippen molar-refractivity contribution in [3.05, 3.63) is 35.9 Å². The van der Waals surface area contributed by atoms with Gasteiger partial charge in [0.15, 0.2) is 12.6 Å². The number of fused-ring (bicyclic) bond motifs is 5. The van der Waals surface area contributed by atoms with Gasteiger partial charge in [0.2, 0.25) is 0 Å². The predicted molar refractivity (Wildman–Crippen MR) is 195 cm³/mol. The smallest absolute Gasteiger partial charge is 0.338 e. The fourth-order valence-corrected chi connectivity index (χ4v) is 12.2. The van der Waals surface area contributed by atoms with Crippen LogP contribution in [0.2, 0.25) is 0 Å². The summed E-state index contributed by atoms with van der Waals surface area (Å²) in [6.07, 6.45) is -11.1. The third kappa shape index (κ3) is 6.57. The van der Waals surface area contributed by atoms with E-state index in [1.807, 2.05) is 13.0 Å². The van der Waals surface area contributed by atoms with Crippen LogP contribution in [0, 0.1) is 28.6 Å². The Kier molecular flexibility index (Phi) is 11.8. The first-order valence-electron chi connectivity index (χ1n) is 20.3. The normalized spacial score (nSPS) is 51.0. The van der Waals surface area contributed by atoms with Crippen LogP contribution in [0.1, 0.15) is 89.4 Å². The van der Waals surface area contributed by atoms with Crippen LogP contribution in [0.3, 0.4) is 0 Å². The van der Waals surface area contributed by atoms with Crippen molar-refractivity contribution in [1.29, 1.82) is 0 Å². The van der Waals surface area contributed by atoms with Gasteiger partial charge in [-0.3, -0.25) is 0 Å². The lowest BCUT2D eigenvalue weighted by molar-refractivity contribution is -0.363. The number of carbonyl (C=O) groups excluding carboxylic acids is 1. The molecule has 2 saturated heterocycles. The van der Waals surface area contributed by atoms with E-state index in [1.54, 1.807) is 38.1 Å². The molecular weight excluding hydrogens is 732 g/mol. The van der Waals surface area contributed by atoms with E-state index >= 15 is 0 Å². The molecule has 2 aliphatic heterocycles. The van der Waals surface area contributed by atoms with Crippen molar-refractivity contribution in [3.63, 3.8) is 0 Å². The van der Waals surface area contributed by atoms with E-state index in [0.717, 1.165) is 0 Å². The van der Waals surface area contributed by atoms with Crippen LogP contribution >= 0.6 is 0 Å². The minimum Gasteiger partial charge on any atom is -0.459 e. The molecule has 6 fully saturated rings. The van der Waals surface area contributed by atoms with E-state index in [1.165, 1.54) is 7.11 Å². The maximum Gasteiger partial charge on any atom is 0.338 e. The van der Waals surface area contributed by atoms with Gasteiger partial charge >= 0.3 is 5.97 Å². The summed E-state index contributed by atoms with van der Waals surface area (Å²) in [5.41, 5.74) is -4.36. The highest BCUT2D eigenvalue weighted by molar-refractivity contribution is 5.89. The molecule has 56 heavy (non-hydrogen) atoms. The van der Waals surface area contributed by atoms with Crippen LogP contribution in [0.5, 0.6) is 0 Å². The van der Waals surface area contributed by atoms with Crippen LogP contribution in [-0.4, -0.2) is 151 Å². The SMILES string of the molecule is COC1C(O)C(C)OC(OC2C(CO)OC(O[C@H]3CC[C@@]4(C)[C@@H](CC[C@]5(O)[C@@H]4CC[C@]4(C)[C@@H](C(C)OC(=O)c6ccccc6)CC(O)[C@@]45O)C3)C(O)C2O)C1O. The molecule has 0 amide bonds. The summed E-state index contributed by atoms with van der Waals surface area (Å²) < 4.78 is 35.0. The predicted octanol–water partition coefficient (Wildman–Crippen LogP) is 0.782. The molecule has 0 spiro atoms. The molecule has 4 aliphatic carbocycles. The van der Waals surface area contributed by atoms with E-state index in [9.17, 15) is 45.6 Å². The lowest BCUT2D eigenvalue weighted by Gasteiger charge is -2.67. The van der Waals surface area contributed by atoms with Crippen molar-refractivity contribution in [1.82, 2.24) is 0 Å². The van der Waals surface area contributed by atoms with Gasteiger partial charge in [0, 0.05) is 18.4 Å². The van der Waals surface area contributed by atoms with Crippen LogP contribution in [0.15, 0.2) is 30.3 Å². The topological polar surface area (TPSA) is 234 Å². The maximum atomic E-state index is 13.0. The van der Waals surface area contributed by atoms with Gasteiger partial charge < -0.3 is 69.3 Å². The summed E-state index contributed by atoms with van der Waals surface area (Å²) in [6, 6.07) is 8.70. The lowest BCUT2D eigenvalue weighted by Crippen LogP contribution is -2.76. The first-order valence-corrected chi connectivity index (χ1v) is 20.3. The minimum absolute atomic E-state index is 0.0611. The highest BCUT2D eigenvalue weighted by atomic mass is 16.7. The number of aliphatic hydroxyl groups excluding tert-OH is 6. The Morgan fingerprint density at radius 3 is 2.23 bits per heavy atom. The maximum absolute atomic E-state index is 13.0. The van der Waals surface area contributed by atoms with E-state index in [2.05, 4.69) is 6.92 Å². The monoisotopic (exact) mass is 794 g/mol. The van der Waals surface area contributed by atoms with E-state index < -0.39 is 114 Å². The summed E-state index contributed by atoms with van der Waals surface area (Å²) in [5, 5.41) is 90.9. The van der Waals surface area contributed by atoms with E-state index in [0.29, 0.717) is 44.1 Å². The number of carbonyl (C=O) groups is 1. The van der Waals surface area contributed by atoms with Crippen molar-refractivity contribution < 1.29 is 74.1 Å². The van der Waals surface area contributed by atoms with E-state index in [4.69, 9.17) is 28.4 Å². The largest absolute Gasteiger partial charge is 0.459 e. The summed E-state index contributed by atoms with van der Waals surface area (Å²) in [7, 11) is 1.33. The van der Waals surface area contributed by atoms with Gasteiger partial charge in [-0.15, -0.1) is 0 Å². The van der Waals surface area contributed by atoms with Crippen LogP contribution in [0.25, 0.3) is 0 Å². The van der Waals surface area contributed by atoms with Crippen LogP contribution < -0.4 is 0 Å². The second-order valence-corrected chi connectivity index (χ2v) is 18.0. The molecule has 12 unspecified atom stereocenters. The lowest BCUT2D eigenvalue weighted by atomic mass is 9.41. The molecule has 7 rings (SSSR count). The Labute approximate surface area is 327 Å². The molecule has 1 aromatic rings. The standard InChI is InChI=1S/C41H62O15/c1-20(52-35(48)22-9-7-6-8-10-22)25-18-28(43)41(50)39(25,4)15-13-27-38(3)14-12-24(17-23(38)11-16-40(27,41)49)54-36-31(46)30(45)33(26(19-42)55-36)56-37-32(47)34(51-5)29(44)21(2)53-37/h6-10,20-21,23-34,36-37,42-47,49-50H,11-19H2,1-5H3/t20?,21?,23-,24-,25+,26?,27+,28?,29?,30?,31?,32?,33?,34?,36?,37?,38-,39+,40-,41+/m0/s1. The first-order chi connectivity index (χ1) is 26.4. The van der Waals surface area contributed by atoms with Gasteiger partial charge in [-0.25, -0.2) is 4.79 Å². The fraction of sp³-hybridized carbons (Fsp3) is 0.829. The van der Waals surface area contributed by atoms with Crippen LogP contribution in [0.4, 0.5) is 0 Å². The molecule has 15 nitrogen and oxygen atoms in total. The summed E-state index contributed by atoms with van der Waals surface area (Å²) >= 11 is 0. The molecule has 1 aromatic carbocycles. The third-order valence-electron chi connectivity index (χ3n) is 15.4. The molecule has 0 radical (unpaired) electrons. The van der Waals surface area contributed by atoms with Gasteiger partial charge in [-0.1, -0.05) is 32.0 Å². The van der Waals surface area contributed by atoms with Gasteiger partial charge in [-0.05, 0) is 94.6 Å². The van der Waals surface area contributed by atoms with E-state index in [-0.39, 0.29) is 30.6 Å². The van der Waals surface area contributed by atoms with Gasteiger partial charge in [-0.2, -0.15) is 0 Å². The van der Waals surface area contributed by atoms with Gasteiger partial charge in [0.25, 0.3) is 0 Å². The van der Waals surface area contributed by atoms with Crippen molar-refractivity contribution in [2.45, 2.75) is 170 Å². The Morgan fingerprint density at radius 1 is 0.857 bits per heavy atom. The highest BCUT2D eigenvalue weighted by Crippen LogP contribution is 2.71. The fourth-order valence-electron chi connectivity index (χ4n) is 12.2. The highest BCUT2D eigenvalue weighted by Gasteiger charge is 2.77. The first kappa shape index (κ1) is 42.3. The van der Waals surface area contributed by atoms with Crippen molar-refractivity contribution in [2.24, 2.45) is 28.6 Å². The van der Waals surface area contributed by atoms with Gasteiger partial charge in [0.05, 0.1) is 36.1 Å². The van der Waals surface area contributed by atoms with Crippen LogP contribution in [-0.2, 0) is 28.4 Å². The minimum atomic E-state index is -1.84. The zero-order valence-electron chi connectivity index (χ0n) is 32.9. The van der Waals surface area contributed by atoms with Gasteiger partial charge in [0.1, 0.15) is 54.4 Å². The molecule has 4 saturated carbocycles. The molecule has 6 aliphatic rings. The van der Waals surface area contributed by atoms with Crippen molar-refractivity contribution in [2.75, 3.05) is 13.7 Å². The van der Waals surface area contributed by atoms with Crippen molar-refractivity contribution >= 4 is 5.97 Å². The number of hydrogen-bond donors (Lipinski definition) is 8. The zero-order valence-corrected chi connectivity index (χ0v) is 32.9. The molecule has 0 aromatic heterocycles. The zero-order chi connectivity index (χ0) is 40.5. The number of esters is 1. The number of rotatable bonds is 9. The Hall–Kier alpha value is -1.83. The average molecular weight is 795 g/mol. The second-order valence-electron chi connectivity index (χ2n) is 18.0. The number of benzene rings is 1. The number of hydrogen-bond acceptors (Lipinski definition) is 15. The molecule has 316 valence electrons. The number of ether oxygens (including phenoxy) is 6. The number of methoxy groups -OCH3 is 1. The Morgan fingerprint density at radius 2 is 1.55 bits per heavy atom. The summed E-state index contributed by atoms with van der Waals surface area (Å²) in [5.74, 6) is -1.14. The summed E-state index contributed by atoms with van der Waals surface area (Å²) in [6.45, 7) is 6.83. The third-order valence-corrected chi connectivity index (χ3v) is 15.4. The Balaban J connectivity index is 1.01. The quantitative estimate of drug-likeness (QED) is 0.128. The average Bonchev–Trinajstić information content (AvgIpc) is 3.39. The molecule has 0 bridgehead atoms. The second kappa shape index (κ2) is 15.6. The molecular formula is C41H62O15.